The average Bonchev–Trinajstić information content (AvgIpc) is 2.61. The number of ether oxygens (including phenoxy) is 2. The van der Waals surface area contributed by atoms with Crippen LogP contribution in [0.4, 0.5) is 0 Å². The van der Waals surface area contributed by atoms with Crippen molar-refractivity contribution in [1.29, 1.82) is 5.41 Å². The average molecular weight is 363 g/mol. The first-order chi connectivity index (χ1) is 12.5. The summed E-state index contributed by atoms with van der Waals surface area (Å²) in [6, 6.07) is 3.26. The summed E-state index contributed by atoms with van der Waals surface area (Å²) in [6.45, 7) is 3.84. The maximum Gasteiger partial charge on any atom is 0.308 e. The molecule has 0 amide bonds. The third kappa shape index (κ3) is 8.62. The SMILES string of the molecule is CCOC(=O)CC(N/C=C\C(=N)CCCC(C)O)c1ccc(OC)nc1. The lowest BCUT2D eigenvalue weighted by molar-refractivity contribution is -0.143. The number of aliphatic hydroxyl groups is 1. The van der Waals surface area contributed by atoms with Crippen molar-refractivity contribution in [3.8, 4) is 5.88 Å². The Morgan fingerprint density at radius 2 is 2.23 bits per heavy atom. The number of hydrogen-bond acceptors (Lipinski definition) is 7. The maximum atomic E-state index is 11.9. The molecule has 0 aliphatic carbocycles. The number of hydrogen-bond donors (Lipinski definition) is 3. The van der Waals surface area contributed by atoms with Gasteiger partial charge in [0.05, 0.1) is 32.3 Å². The Morgan fingerprint density at radius 3 is 2.81 bits per heavy atom. The van der Waals surface area contributed by atoms with Gasteiger partial charge in [-0.25, -0.2) is 4.98 Å². The Kier molecular flexibility index (Phi) is 10.0. The summed E-state index contributed by atoms with van der Waals surface area (Å²) in [6.07, 6.45) is 6.81. The predicted molar refractivity (Wildman–Crippen MR) is 100 cm³/mol. The van der Waals surface area contributed by atoms with Gasteiger partial charge in [0, 0.05) is 18.0 Å². The van der Waals surface area contributed by atoms with Crippen molar-refractivity contribution < 1.29 is 19.4 Å². The van der Waals surface area contributed by atoms with Crippen molar-refractivity contribution in [3.63, 3.8) is 0 Å². The molecule has 0 radical (unpaired) electrons. The van der Waals surface area contributed by atoms with Gasteiger partial charge in [-0.2, -0.15) is 0 Å². The number of nitrogens with one attached hydrogen (secondary N) is 2. The lowest BCUT2D eigenvalue weighted by Crippen LogP contribution is -2.21. The Labute approximate surface area is 154 Å². The Bertz CT molecular complexity index is 585. The van der Waals surface area contributed by atoms with Crippen LogP contribution in [0, 0.1) is 5.41 Å². The third-order valence-electron chi connectivity index (χ3n) is 3.70. The molecule has 2 unspecified atom stereocenters. The number of pyridine rings is 1. The van der Waals surface area contributed by atoms with Crippen LogP contribution in [-0.2, 0) is 9.53 Å². The number of carbonyl (C=O) groups is 1. The Morgan fingerprint density at radius 1 is 1.46 bits per heavy atom. The molecule has 1 heterocycles. The summed E-state index contributed by atoms with van der Waals surface area (Å²) < 4.78 is 10.1. The van der Waals surface area contributed by atoms with Gasteiger partial charge in [0.1, 0.15) is 0 Å². The fourth-order valence-corrected chi connectivity index (χ4v) is 2.31. The highest BCUT2D eigenvalue weighted by Crippen LogP contribution is 2.19. The van der Waals surface area contributed by atoms with Gasteiger partial charge in [0.25, 0.3) is 0 Å². The molecule has 1 rings (SSSR count). The van der Waals surface area contributed by atoms with E-state index in [9.17, 15) is 9.90 Å². The summed E-state index contributed by atoms with van der Waals surface area (Å²) >= 11 is 0. The second-order valence-electron chi connectivity index (χ2n) is 5.96. The molecule has 0 spiro atoms. The molecule has 0 aliphatic heterocycles. The molecule has 1 aromatic rings. The lowest BCUT2D eigenvalue weighted by Gasteiger charge is -2.17. The normalized spacial score (nSPS) is 13.2. The molecule has 0 aromatic carbocycles. The number of esters is 1. The van der Waals surface area contributed by atoms with Crippen LogP contribution in [0.25, 0.3) is 0 Å². The summed E-state index contributed by atoms with van der Waals surface area (Å²) in [4.78, 5) is 16.0. The molecular weight excluding hydrogens is 334 g/mol. The highest BCUT2D eigenvalue weighted by atomic mass is 16.5. The zero-order valence-corrected chi connectivity index (χ0v) is 15.7. The van der Waals surface area contributed by atoms with Crippen molar-refractivity contribution in [1.82, 2.24) is 10.3 Å². The van der Waals surface area contributed by atoms with Gasteiger partial charge in [-0.3, -0.25) is 4.79 Å². The van der Waals surface area contributed by atoms with E-state index >= 15 is 0 Å². The van der Waals surface area contributed by atoms with Gasteiger partial charge in [-0.1, -0.05) is 6.07 Å². The van der Waals surface area contributed by atoms with Crippen molar-refractivity contribution >= 4 is 11.7 Å². The smallest absolute Gasteiger partial charge is 0.308 e. The van der Waals surface area contributed by atoms with Gasteiger partial charge in [-0.15, -0.1) is 0 Å². The monoisotopic (exact) mass is 363 g/mol. The molecule has 0 saturated heterocycles. The van der Waals surface area contributed by atoms with Crippen LogP contribution in [0.1, 0.15) is 51.1 Å². The molecule has 0 aliphatic rings. The number of aliphatic hydroxyl groups excluding tert-OH is 1. The van der Waals surface area contributed by atoms with E-state index in [-0.39, 0.29) is 24.5 Å². The first kappa shape index (κ1) is 21.6. The summed E-state index contributed by atoms with van der Waals surface area (Å²) in [5.74, 6) is 0.195. The fourth-order valence-electron chi connectivity index (χ4n) is 2.31. The topological polar surface area (TPSA) is 105 Å². The molecule has 7 nitrogen and oxygen atoms in total. The van der Waals surface area contributed by atoms with Crippen LogP contribution in [-0.4, -0.2) is 41.6 Å². The van der Waals surface area contributed by atoms with E-state index in [4.69, 9.17) is 14.9 Å². The minimum Gasteiger partial charge on any atom is -0.481 e. The minimum atomic E-state index is -0.346. The Hall–Kier alpha value is -2.41. The van der Waals surface area contributed by atoms with E-state index in [1.54, 1.807) is 45.5 Å². The van der Waals surface area contributed by atoms with E-state index in [0.29, 0.717) is 31.0 Å². The van der Waals surface area contributed by atoms with Gasteiger partial charge < -0.3 is 25.3 Å². The standard InChI is InChI=1S/C19H29N3O4/c1-4-26-19(24)12-17(15-8-9-18(25-3)22-13-15)21-11-10-16(20)7-5-6-14(2)23/h8-11,13-14,17,20-21,23H,4-7,12H2,1-3H3/b11-10-,20-16?. The predicted octanol–water partition coefficient (Wildman–Crippen LogP) is 2.76. The number of rotatable bonds is 12. The highest BCUT2D eigenvalue weighted by molar-refractivity contribution is 5.92. The summed E-state index contributed by atoms with van der Waals surface area (Å²) in [5, 5.41) is 20.3. The van der Waals surface area contributed by atoms with Gasteiger partial charge in [0.15, 0.2) is 0 Å². The second kappa shape index (κ2) is 12.0. The van der Waals surface area contributed by atoms with Crippen LogP contribution in [0.2, 0.25) is 0 Å². The molecule has 0 saturated carbocycles. The number of aromatic nitrogens is 1. The van der Waals surface area contributed by atoms with Crippen molar-refractivity contribution in [2.24, 2.45) is 0 Å². The van der Waals surface area contributed by atoms with E-state index in [2.05, 4.69) is 10.3 Å². The molecular formula is C19H29N3O4. The number of carbonyl (C=O) groups excluding carboxylic acids is 1. The van der Waals surface area contributed by atoms with E-state index in [1.807, 2.05) is 6.07 Å². The van der Waals surface area contributed by atoms with Gasteiger partial charge >= 0.3 is 5.97 Å². The maximum absolute atomic E-state index is 11.9. The quantitative estimate of drug-likeness (QED) is 0.390. The van der Waals surface area contributed by atoms with Crippen molar-refractivity contribution in [2.45, 2.75) is 51.7 Å². The number of methoxy groups -OCH3 is 1. The zero-order valence-electron chi connectivity index (χ0n) is 15.7. The molecule has 0 fully saturated rings. The molecule has 2 atom stereocenters. The number of allylic oxidation sites excluding steroid dienone is 1. The largest absolute Gasteiger partial charge is 0.481 e. The Balaban J connectivity index is 2.67. The lowest BCUT2D eigenvalue weighted by atomic mass is 10.1. The zero-order chi connectivity index (χ0) is 19.4. The number of nitrogens with zero attached hydrogens (tertiary/aromatic N) is 1. The van der Waals surface area contributed by atoms with Gasteiger partial charge in [-0.05, 0) is 50.9 Å². The summed E-state index contributed by atoms with van der Waals surface area (Å²) in [7, 11) is 1.54. The molecule has 144 valence electrons. The first-order valence-electron chi connectivity index (χ1n) is 8.79. The van der Waals surface area contributed by atoms with E-state index in [1.165, 1.54) is 0 Å². The van der Waals surface area contributed by atoms with Crippen molar-refractivity contribution in [3.05, 3.63) is 36.2 Å². The molecule has 3 N–H and O–H groups in total. The van der Waals surface area contributed by atoms with Crippen LogP contribution in [0.5, 0.6) is 5.88 Å². The highest BCUT2D eigenvalue weighted by Gasteiger charge is 2.16. The van der Waals surface area contributed by atoms with E-state index in [0.717, 1.165) is 12.0 Å². The van der Waals surface area contributed by atoms with Crippen LogP contribution >= 0.6 is 0 Å². The molecule has 7 heteroatoms. The third-order valence-corrected chi connectivity index (χ3v) is 3.70. The molecule has 0 bridgehead atoms. The van der Waals surface area contributed by atoms with Crippen molar-refractivity contribution in [2.75, 3.05) is 13.7 Å². The minimum absolute atomic E-state index is 0.154. The van der Waals surface area contributed by atoms with Crippen LogP contribution < -0.4 is 10.1 Å². The van der Waals surface area contributed by atoms with Gasteiger partial charge in [0.2, 0.25) is 5.88 Å². The van der Waals surface area contributed by atoms with Crippen LogP contribution in [0.3, 0.4) is 0 Å². The second-order valence-corrected chi connectivity index (χ2v) is 5.96. The molecule has 26 heavy (non-hydrogen) atoms. The van der Waals surface area contributed by atoms with E-state index < -0.39 is 0 Å². The first-order valence-corrected chi connectivity index (χ1v) is 8.79. The fraction of sp³-hybridized carbons (Fsp3) is 0.526. The van der Waals surface area contributed by atoms with Crippen LogP contribution in [0.15, 0.2) is 30.6 Å². The summed E-state index contributed by atoms with van der Waals surface area (Å²) in [5.41, 5.74) is 1.28. The molecule has 1 aromatic heterocycles.